The Balaban J connectivity index is 3.07. The van der Waals surface area contributed by atoms with E-state index < -0.39 is 10.0 Å². The number of nitrogens with one attached hydrogen (secondary N) is 1. The summed E-state index contributed by atoms with van der Waals surface area (Å²) in [5.74, 6) is 0. The third kappa shape index (κ3) is 4.04. The first-order chi connectivity index (χ1) is 9.48. The average molecular weight is 319 g/mol. The molecule has 0 saturated heterocycles. The highest BCUT2D eigenvalue weighted by atomic mass is 32.2. The zero-order chi connectivity index (χ0) is 15.2. The van der Waals surface area contributed by atoms with E-state index in [-0.39, 0.29) is 0 Å². The second-order valence-corrected chi connectivity index (χ2v) is 7.68. The van der Waals surface area contributed by atoms with E-state index in [0.29, 0.717) is 24.5 Å². The van der Waals surface area contributed by atoms with Gasteiger partial charge < -0.3 is 5.32 Å². The Labute approximate surface area is 127 Å². The van der Waals surface area contributed by atoms with Crippen LogP contribution in [0.25, 0.3) is 0 Å². The molecular formula is C14H26N2O2S2. The van der Waals surface area contributed by atoms with Crippen molar-refractivity contribution in [2.75, 3.05) is 19.6 Å². The maximum Gasteiger partial charge on any atom is 0.244 e. The van der Waals surface area contributed by atoms with E-state index in [9.17, 15) is 8.42 Å². The van der Waals surface area contributed by atoms with Crippen LogP contribution in [0.4, 0.5) is 0 Å². The van der Waals surface area contributed by atoms with Gasteiger partial charge in [-0.05, 0) is 37.3 Å². The van der Waals surface area contributed by atoms with Crippen molar-refractivity contribution in [2.45, 2.75) is 52.0 Å². The summed E-state index contributed by atoms with van der Waals surface area (Å²) in [5, 5.41) is 5.23. The molecule has 0 atom stereocenters. The summed E-state index contributed by atoms with van der Waals surface area (Å²) < 4.78 is 27.2. The number of sulfonamides is 1. The minimum Gasteiger partial charge on any atom is -0.312 e. The summed E-state index contributed by atoms with van der Waals surface area (Å²) in [6, 6.07) is 0. The minimum atomic E-state index is -3.36. The first-order valence-corrected chi connectivity index (χ1v) is 9.58. The van der Waals surface area contributed by atoms with Gasteiger partial charge in [-0.2, -0.15) is 4.31 Å². The Morgan fingerprint density at radius 3 is 2.50 bits per heavy atom. The quantitative estimate of drug-likeness (QED) is 0.712. The van der Waals surface area contributed by atoms with E-state index in [1.54, 1.807) is 4.31 Å². The summed E-state index contributed by atoms with van der Waals surface area (Å²) in [7, 11) is -3.36. The van der Waals surface area contributed by atoms with Crippen LogP contribution in [0, 0.1) is 6.92 Å². The molecular weight excluding hydrogens is 292 g/mol. The molecule has 1 heterocycles. The number of hydrogen-bond donors (Lipinski definition) is 1. The predicted octanol–water partition coefficient (Wildman–Crippen LogP) is 2.98. The van der Waals surface area contributed by atoms with Crippen LogP contribution in [0.15, 0.2) is 10.3 Å². The van der Waals surface area contributed by atoms with Gasteiger partial charge in [0.1, 0.15) is 4.90 Å². The molecule has 0 aliphatic rings. The second kappa shape index (κ2) is 8.12. The molecule has 1 aromatic rings. The van der Waals surface area contributed by atoms with Gasteiger partial charge in [-0.15, -0.1) is 11.3 Å². The van der Waals surface area contributed by atoms with Crippen LogP contribution in [0.3, 0.4) is 0 Å². The van der Waals surface area contributed by atoms with Crippen molar-refractivity contribution in [3.05, 3.63) is 15.8 Å². The molecule has 0 amide bonds. The van der Waals surface area contributed by atoms with Crippen LogP contribution < -0.4 is 5.32 Å². The van der Waals surface area contributed by atoms with Crippen molar-refractivity contribution in [1.29, 1.82) is 0 Å². The summed E-state index contributed by atoms with van der Waals surface area (Å²) in [6.45, 7) is 10.5. The van der Waals surface area contributed by atoms with E-state index in [1.807, 2.05) is 26.2 Å². The normalized spacial score (nSPS) is 12.2. The molecule has 0 saturated carbocycles. The van der Waals surface area contributed by atoms with Crippen LogP contribution in [-0.2, 0) is 16.6 Å². The van der Waals surface area contributed by atoms with E-state index in [4.69, 9.17) is 0 Å². The fourth-order valence-corrected chi connectivity index (χ4v) is 5.43. The lowest BCUT2D eigenvalue weighted by Gasteiger charge is -2.20. The maximum absolute atomic E-state index is 12.8. The predicted molar refractivity (Wildman–Crippen MR) is 85.8 cm³/mol. The van der Waals surface area contributed by atoms with Gasteiger partial charge in [-0.1, -0.05) is 20.8 Å². The summed E-state index contributed by atoms with van der Waals surface area (Å²) in [5.41, 5.74) is 0.859. The van der Waals surface area contributed by atoms with Crippen LogP contribution in [-0.4, -0.2) is 32.4 Å². The second-order valence-electron chi connectivity index (χ2n) is 4.84. The summed E-state index contributed by atoms with van der Waals surface area (Å²) in [4.78, 5) is 1.44. The topological polar surface area (TPSA) is 49.4 Å². The lowest BCUT2D eigenvalue weighted by atomic mass is 10.3. The molecule has 1 N–H and O–H groups in total. The summed E-state index contributed by atoms with van der Waals surface area (Å²) in [6.07, 6.45) is 1.88. The van der Waals surface area contributed by atoms with E-state index >= 15 is 0 Å². The maximum atomic E-state index is 12.8. The van der Waals surface area contributed by atoms with Crippen LogP contribution in [0.2, 0.25) is 0 Å². The van der Waals surface area contributed by atoms with E-state index in [1.165, 1.54) is 11.3 Å². The number of aryl methyl sites for hydroxylation is 1. The number of rotatable bonds is 9. The zero-order valence-corrected chi connectivity index (χ0v) is 14.5. The van der Waals surface area contributed by atoms with Crippen LogP contribution >= 0.6 is 11.3 Å². The van der Waals surface area contributed by atoms with Gasteiger partial charge >= 0.3 is 0 Å². The van der Waals surface area contributed by atoms with Crippen molar-refractivity contribution < 1.29 is 8.42 Å². The van der Waals surface area contributed by atoms with Crippen LogP contribution in [0.5, 0.6) is 0 Å². The molecule has 0 aromatic carbocycles. The first-order valence-electron chi connectivity index (χ1n) is 7.26. The van der Waals surface area contributed by atoms with Crippen molar-refractivity contribution in [3.8, 4) is 0 Å². The van der Waals surface area contributed by atoms with Crippen molar-refractivity contribution >= 4 is 21.4 Å². The molecule has 20 heavy (non-hydrogen) atoms. The highest BCUT2D eigenvalue weighted by Crippen LogP contribution is 2.29. The number of nitrogens with zero attached hydrogens (tertiary/aromatic N) is 1. The van der Waals surface area contributed by atoms with Crippen molar-refractivity contribution in [1.82, 2.24) is 9.62 Å². The van der Waals surface area contributed by atoms with E-state index in [0.717, 1.165) is 29.8 Å². The molecule has 6 heteroatoms. The minimum absolute atomic E-state index is 0.515. The fraction of sp³-hybridized carbons (Fsp3) is 0.714. The van der Waals surface area contributed by atoms with Gasteiger partial charge in [-0.25, -0.2) is 8.42 Å². The van der Waals surface area contributed by atoms with Gasteiger partial charge in [0, 0.05) is 24.5 Å². The zero-order valence-electron chi connectivity index (χ0n) is 12.9. The highest BCUT2D eigenvalue weighted by molar-refractivity contribution is 7.89. The molecule has 0 spiro atoms. The molecule has 4 nitrogen and oxygen atoms in total. The summed E-state index contributed by atoms with van der Waals surface area (Å²) >= 11 is 1.53. The van der Waals surface area contributed by atoms with Crippen LogP contribution in [0.1, 0.15) is 44.1 Å². The Bertz CT molecular complexity index is 509. The third-order valence-electron chi connectivity index (χ3n) is 3.13. The Hall–Kier alpha value is -0.430. The lowest BCUT2D eigenvalue weighted by molar-refractivity contribution is 0.426. The standard InChI is InChI=1S/C14H26N2O2S2/c1-5-8-15-10-13-14(12(4)11-19-13)20(17,18)16(7-3)9-6-2/h11,15H,5-10H2,1-4H3. The smallest absolute Gasteiger partial charge is 0.244 e. The van der Waals surface area contributed by atoms with Gasteiger partial charge in [0.15, 0.2) is 0 Å². The monoisotopic (exact) mass is 318 g/mol. The third-order valence-corrected chi connectivity index (χ3v) is 6.56. The molecule has 0 fully saturated rings. The number of hydrogen-bond acceptors (Lipinski definition) is 4. The Morgan fingerprint density at radius 1 is 1.25 bits per heavy atom. The largest absolute Gasteiger partial charge is 0.312 e. The fourth-order valence-electron chi connectivity index (χ4n) is 2.16. The van der Waals surface area contributed by atoms with Gasteiger partial charge in [0.05, 0.1) is 0 Å². The molecule has 0 aliphatic carbocycles. The van der Waals surface area contributed by atoms with E-state index in [2.05, 4.69) is 12.2 Å². The molecule has 0 unspecified atom stereocenters. The number of thiophene rings is 1. The first kappa shape index (κ1) is 17.6. The SMILES string of the molecule is CCCNCc1scc(C)c1S(=O)(=O)N(CC)CCC. The molecule has 1 aromatic heterocycles. The van der Waals surface area contributed by atoms with Crippen molar-refractivity contribution in [2.24, 2.45) is 0 Å². The average Bonchev–Trinajstić information content (AvgIpc) is 2.78. The molecule has 0 radical (unpaired) electrons. The van der Waals surface area contributed by atoms with Gasteiger partial charge in [-0.3, -0.25) is 0 Å². The Morgan fingerprint density at radius 2 is 1.95 bits per heavy atom. The van der Waals surface area contributed by atoms with Crippen molar-refractivity contribution in [3.63, 3.8) is 0 Å². The lowest BCUT2D eigenvalue weighted by Crippen LogP contribution is -2.32. The molecule has 0 bridgehead atoms. The highest BCUT2D eigenvalue weighted by Gasteiger charge is 2.28. The van der Waals surface area contributed by atoms with Gasteiger partial charge in [0.2, 0.25) is 10.0 Å². The molecule has 1 rings (SSSR count). The molecule has 0 aliphatic heterocycles. The Kier molecular flexibility index (Phi) is 7.15. The molecule has 116 valence electrons. The van der Waals surface area contributed by atoms with Gasteiger partial charge in [0.25, 0.3) is 0 Å².